The van der Waals surface area contributed by atoms with Crippen LogP contribution in [-0.4, -0.2) is 31.1 Å². The summed E-state index contributed by atoms with van der Waals surface area (Å²) < 4.78 is 1.60. The second kappa shape index (κ2) is 4.65. The molecule has 2 N–H and O–H groups in total. The summed E-state index contributed by atoms with van der Waals surface area (Å²) in [6.07, 6.45) is 1.25. The summed E-state index contributed by atoms with van der Waals surface area (Å²) >= 11 is 0. The van der Waals surface area contributed by atoms with E-state index in [4.69, 9.17) is 0 Å². The monoisotopic (exact) mass is 311 g/mol. The average molecular weight is 311 g/mol. The van der Waals surface area contributed by atoms with E-state index >= 15 is 0 Å². The van der Waals surface area contributed by atoms with Gasteiger partial charge in [-0.3, -0.25) is 4.79 Å². The third-order valence-electron chi connectivity index (χ3n) is 4.38. The molecule has 1 aromatic carbocycles. The summed E-state index contributed by atoms with van der Waals surface area (Å²) in [6, 6.07) is 6.48. The number of phenols is 1. The van der Waals surface area contributed by atoms with Crippen molar-refractivity contribution in [3.63, 3.8) is 0 Å². The van der Waals surface area contributed by atoms with Crippen molar-refractivity contribution in [1.29, 1.82) is 0 Å². The predicted octanol–water partition coefficient (Wildman–Crippen LogP) is 2.04. The van der Waals surface area contributed by atoms with Gasteiger partial charge in [-0.2, -0.15) is 4.68 Å². The van der Waals surface area contributed by atoms with Crippen LogP contribution in [0.15, 0.2) is 35.5 Å². The molecular formula is C16H17N5O2. The van der Waals surface area contributed by atoms with E-state index in [9.17, 15) is 9.90 Å². The molecule has 0 amide bonds. The fourth-order valence-corrected chi connectivity index (χ4v) is 3.47. The highest BCUT2D eigenvalue weighted by Gasteiger charge is 2.41. The summed E-state index contributed by atoms with van der Waals surface area (Å²) in [5.74, 6) is 0.766. The maximum atomic E-state index is 12.8. The van der Waals surface area contributed by atoms with E-state index in [0.29, 0.717) is 17.9 Å². The summed E-state index contributed by atoms with van der Waals surface area (Å²) in [5.41, 5.74) is 2.26. The molecule has 0 radical (unpaired) electrons. The number of Topliss-reactive ketones (excluding diaryl/α,β-unsaturated/α-hetero) is 1. The van der Waals surface area contributed by atoms with E-state index in [1.807, 2.05) is 6.07 Å². The van der Waals surface area contributed by atoms with Crippen LogP contribution >= 0.6 is 0 Å². The van der Waals surface area contributed by atoms with Gasteiger partial charge in [0, 0.05) is 17.7 Å². The second-order valence-electron chi connectivity index (χ2n) is 6.90. The van der Waals surface area contributed by atoms with Crippen LogP contribution in [0.3, 0.4) is 0 Å². The molecule has 0 bridgehead atoms. The lowest BCUT2D eigenvalue weighted by atomic mass is 9.73. The number of carbonyl (C=O) groups excluding carboxylic acids is 1. The highest BCUT2D eigenvalue weighted by atomic mass is 16.3. The van der Waals surface area contributed by atoms with Gasteiger partial charge in [0.05, 0.1) is 0 Å². The van der Waals surface area contributed by atoms with Gasteiger partial charge in [0.2, 0.25) is 5.95 Å². The zero-order chi connectivity index (χ0) is 16.2. The Bertz CT molecular complexity index is 837. The van der Waals surface area contributed by atoms with Crippen LogP contribution < -0.4 is 5.32 Å². The van der Waals surface area contributed by atoms with Crippen molar-refractivity contribution in [3.05, 3.63) is 41.1 Å². The molecule has 1 aliphatic carbocycles. The summed E-state index contributed by atoms with van der Waals surface area (Å²) in [6.45, 7) is 4.16. The van der Waals surface area contributed by atoms with Gasteiger partial charge < -0.3 is 10.4 Å². The van der Waals surface area contributed by atoms with Crippen molar-refractivity contribution in [1.82, 2.24) is 20.2 Å². The van der Waals surface area contributed by atoms with E-state index in [1.165, 1.54) is 0 Å². The molecule has 0 unspecified atom stereocenters. The largest absolute Gasteiger partial charge is 0.508 e. The minimum Gasteiger partial charge on any atom is -0.508 e. The Kier molecular flexibility index (Phi) is 2.81. The molecule has 0 spiro atoms. The molecule has 1 atom stereocenters. The average Bonchev–Trinajstić information content (AvgIpc) is 2.91. The van der Waals surface area contributed by atoms with E-state index < -0.39 is 6.04 Å². The number of aromatic nitrogens is 4. The number of phenolic OH excluding ortho intramolecular Hbond substituents is 1. The Hall–Kier alpha value is -2.70. The molecule has 1 aliphatic heterocycles. The van der Waals surface area contributed by atoms with Gasteiger partial charge in [0.1, 0.15) is 11.8 Å². The maximum Gasteiger partial charge on any atom is 0.248 e. The fourth-order valence-electron chi connectivity index (χ4n) is 3.47. The smallest absolute Gasteiger partial charge is 0.248 e. The van der Waals surface area contributed by atoms with Gasteiger partial charge in [0.15, 0.2) is 5.78 Å². The van der Waals surface area contributed by atoms with E-state index in [0.717, 1.165) is 17.7 Å². The number of ketones is 1. The van der Waals surface area contributed by atoms with Gasteiger partial charge in [-0.25, -0.2) is 0 Å². The van der Waals surface area contributed by atoms with Crippen LogP contribution in [0.1, 0.15) is 38.3 Å². The molecule has 2 aromatic rings. The second-order valence-corrected chi connectivity index (χ2v) is 6.90. The van der Waals surface area contributed by atoms with Crippen LogP contribution in [0.4, 0.5) is 5.95 Å². The number of fused-ring (bicyclic) bond motifs is 1. The third-order valence-corrected chi connectivity index (χ3v) is 4.38. The van der Waals surface area contributed by atoms with Gasteiger partial charge in [0.25, 0.3) is 0 Å². The Morgan fingerprint density at radius 1 is 1.35 bits per heavy atom. The van der Waals surface area contributed by atoms with Gasteiger partial charge >= 0.3 is 0 Å². The number of anilines is 1. The van der Waals surface area contributed by atoms with Gasteiger partial charge in [-0.15, -0.1) is 0 Å². The first-order chi connectivity index (χ1) is 10.9. The van der Waals surface area contributed by atoms with Crippen LogP contribution in [0.2, 0.25) is 0 Å². The topological polar surface area (TPSA) is 92.9 Å². The minimum absolute atomic E-state index is 0.0953. The van der Waals surface area contributed by atoms with E-state index in [-0.39, 0.29) is 16.9 Å². The number of tetrazole rings is 1. The molecule has 7 nitrogen and oxygen atoms in total. The van der Waals surface area contributed by atoms with Gasteiger partial charge in [-0.1, -0.05) is 31.1 Å². The lowest BCUT2D eigenvalue weighted by molar-refractivity contribution is -0.118. The normalized spacial score (nSPS) is 22.3. The number of carbonyl (C=O) groups is 1. The standard InChI is InChI=1S/C16H17N5O2/c1-16(2)7-11-13(12(23)8-16)14(9-4-3-5-10(22)6-9)21-15(17-11)18-19-20-21/h3-6,14,22H,7-8H2,1-2H3,(H,17,18,20)/t14-/m0/s1. The number of rotatable bonds is 1. The van der Waals surface area contributed by atoms with Crippen LogP contribution in [0.5, 0.6) is 5.75 Å². The van der Waals surface area contributed by atoms with Crippen LogP contribution in [-0.2, 0) is 4.79 Å². The molecular weight excluding hydrogens is 294 g/mol. The molecule has 0 fully saturated rings. The van der Waals surface area contributed by atoms with Crippen molar-refractivity contribution in [3.8, 4) is 5.75 Å². The first-order valence-corrected chi connectivity index (χ1v) is 7.55. The van der Waals surface area contributed by atoms with Crippen molar-refractivity contribution in [2.45, 2.75) is 32.7 Å². The number of allylic oxidation sites excluding steroid dienone is 2. The minimum atomic E-state index is -0.410. The maximum absolute atomic E-state index is 12.8. The summed E-state index contributed by atoms with van der Waals surface area (Å²) in [4.78, 5) is 12.8. The first kappa shape index (κ1) is 13.9. The van der Waals surface area contributed by atoms with Crippen LogP contribution in [0.25, 0.3) is 0 Å². The Labute approximate surface area is 133 Å². The zero-order valence-corrected chi connectivity index (χ0v) is 12.9. The number of aromatic hydroxyl groups is 1. The van der Waals surface area contributed by atoms with Crippen molar-refractivity contribution >= 4 is 11.7 Å². The lowest BCUT2D eigenvalue weighted by Gasteiger charge is -2.37. The molecule has 23 heavy (non-hydrogen) atoms. The molecule has 7 heteroatoms. The van der Waals surface area contributed by atoms with E-state index in [1.54, 1.807) is 22.9 Å². The summed E-state index contributed by atoms with van der Waals surface area (Å²) in [5, 5.41) is 24.8. The number of hydrogen-bond acceptors (Lipinski definition) is 6. The predicted molar refractivity (Wildman–Crippen MR) is 82.7 cm³/mol. The van der Waals surface area contributed by atoms with Crippen molar-refractivity contribution in [2.24, 2.45) is 5.41 Å². The zero-order valence-electron chi connectivity index (χ0n) is 12.9. The number of hydrogen-bond donors (Lipinski definition) is 2. The fraction of sp³-hybridized carbons (Fsp3) is 0.375. The first-order valence-electron chi connectivity index (χ1n) is 7.55. The lowest BCUT2D eigenvalue weighted by Crippen LogP contribution is -2.36. The quantitative estimate of drug-likeness (QED) is 0.837. The van der Waals surface area contributed by atoms with Crippen molar-refractivity contribution in [2.75, 3.05) is 5.32 Å². The highest BCUT2D eigenvalue weighted by Crippen LogP contribution is 2.45. The molecule has 0 saturated carbocycles. The van der Waals surface area contributed by atoms with E-state index in [2.05, 4.69) is 34.7 Å². The Morgan fingerprint density at radius 2 is 2.17 bits per heavy atom. The Morgan fingerprint density at radius 3 is 2.96 bits per heavy atom. The van der Waals surface area contributed by atoms with Crippen LogP contribution in [0, 0.1) is 5.41 Å². The molecule has 4 rings (SSSR count). The SMILES string of the molecule is CC1(C)CC(=O)C2=C(C1)Nc1nnnn1[C@H]2c1cccc(O)c1. The van der Waals surface area contributed by atoms with Crippen molar-refractivity contribution < 1.29 is 9.90 Å². The molecule has 1 aromatic heterocycles. The molecule has 118 valence electrons. The number of nitrogens with one attached hydrogen (secondary N) is 1. The molecule has 2 aliphatic rings. The molecule has 2 heterocycles. The number of nitrogens with zero attached hydrogens (tertiary/aromatic N) is 4. The third kappa shape index (κ3) is 2.19. The molecule has 0 saturated heterocycles. The van der Waals surface area contributed by atoms with Gasteiger partial charge in [-0.05, 0) is 40.0 Å². The Balaban J connectivity index is 1.91. The highest BCUT2D eigenvalue weighted by molar-refractivity contribution is 6.00. The summed E-state index contributed by atoms with van der Waals surface area (Å²) in [7, 11) is 0. The number of benzene rings is 1.